The lowest BCUT2D eigenvalue weighted by Crippen LogP contribution is -2.31. The molecule has 0 bridgehead atoms. The van der Waals surface area contributed by atoms with E-state index >= 15 is 0 Å². The summed E-state index contributed by atoms with van der Waals surface area (Å²) in [4.78, 5) is 39.0. The molecule has 124 valence electrons. The fourth-order valence-electron chi connectivity index (χ4n) is 2.76. The van der Waals surface area contributed by atoms with Crippen molar-refractivity contribution in [2.75, 3.05) is 7.11 Å². The molecule has 0 atom stereocenters. The van der Waals surface area contributed by atoms with Crippen molar-refractivity contribution in [1.29, 1.82) is 0 Å². The first-order valence-electron chi connectivity index (χ1n) is 7.79. The number of hydrogen-bond acceptors (Lipinski definition) is 4. The van der Waals surface area contributed by atoms with Crippen molar-refractivity contribution in [1.82, 2.24) is 10.3 Å². The summed E-state index contributed by atoms with van der Waals surface area (Å²) in [5.74, 6) is 0.208. The van der Waals surface area contributed by atoms with Gasteiger partial charge in [0, 0.05) is 24.2 Å². The maximum absolute atomic E-state index is 12.3. The highest BCUT2D eigenvalue weighted by molar-refractivity contribution is 6.01. The number of carbonyl (C=O) groups is 2. The van der Waals surface area contributed by atoms with Gasteiger partial charge < -0.3 is 15.0 Å². The monoisotopic (exact) mass is 326 g/mol. The van der Waals surface area contributed by atoms with Crippen molar-refractivity contribution in [3.63, 3.8) is 0 Å². The fourth-order valence-corrected chi connectivity index (χ4v) is 2.76. The van der Waals surface area contributed by atoms with Crippen molar-refractivity contribution in [3.05, 3.63) is 63.1 Å². The van der Waals surface area contributed by atoms with Gasteiger partial charge in [-0.1, -0.05) is 12.1 Å². The van der Waals surface area contributed by atoms with Gasteiger partial charge in [-0.25, -0.2) is 0 Å². The van der Waals surface area contributed by atoms with Crippen LogP contribution in [0.25, 0.3) is 0 Å². The minimum Gasteiger partial charge on any atom is -0.497 e. The summed E-state index contributed by atoms with van der Waals surface area (Å²) in [5, 5.41) is 2.70. The number of aromatic amines is 1. The van der Waals surface area contributed by atoms with E-state index in [1.54, 1.807) is 19.2 Å². The predicted octanol–water partition coefficient (Wildman–Crippen LogP) is 1.83. The van der Waals surface area contributed by atoms with Crippen molar-refractivity contribution < 1.29 is 14.3 Å². The first-order chi connectivity index (χ1) is 11.6. The number of H-pyrrole nitrogens is 1. The van der Waals surface area contributed by atoms with Crippen LogP contribution in [-0.2, 0) is 13.0 Å². The van der Waals surface area contributed by atoms with Gasteiger partial charge in [0.25, 0.3) is 11.5 Å². The number of hydrogen-bond donors (Lipinski definition) is 2. The predicted molar refractivity (Wildman–Crippen MR) is 88.5 cm³/mol. The van der Waals surface area contributed by atoms with Crippen LogP contribution in [0.5, 0.6) is 5.75 Å². The van der Waals surface area contributed by atoms with Crippen LogP contribution in [0.1, 0.15) is 44.8 Å². The summed E-state index contributed by atoms with van der Waals surface area (Å²) < 4.78 is 5.08. The molecular weight excluding hydrogens is 308 g/mol. The van der Waals surface area contributed by atoms with Crippen LogP contribution in [0.4, 0.5) is 0 Å². The third-order valence-electron chi connectivity index (χ3n) is 4.11. The largest absolute Gasteiger partial charge is 0.497 e. The highest BCUT2D eigenvalue weighted by Gasteiger charge is 2.21. The van der Waals surface area contributed by atoms with E-state index in [1.807, 2.05) is 12.1 Å². The summed E-state index contributed by atoms with van der Waals surface area (Å²) >= 11 is 0. The molecule has 3 rings (SSSR count). The Morgan fingerprint density at radius 1 is 1.21 bits per heavy atom. The van der Waals surface area contributed by atoms with Crippen LogP contribution in [-0.4, -0.2) is 23.8 Å². The van der Waals surface area contributed by atoms with E-state index in [-0.39, 0.29) is 17.9 Å². The van der Waals surface area contributed by atoms with E-state index in [9.17, 15) is 14.4 Å². The van der Waals surface area contributed by atoms with Gasteiger partial charge in [-0.3, -0.25) is 14.4 Å². The van der Waals surface area contributed by atoms with Gasteiger partial charge in [0.1, 0.15) is 11.3 Å². The number of fused-ring (bicyclic) bond motifs is 1. The molecule has 1 heterocycles. The van der Waals surface area contributed by atoms with E-state index < -0.39 is 11.5 Å². The normalized spacial score (nSPS) is 13.3. The molecule has 6 nitrogen and oxygen atoms in total. The molecule has 1 aromatic carbocycles. The summed E-state index contributed by atoms with van der Waals surface area (Å²) in [6.45, 7) is 0.285. The van der Waals surface area contributed by atoms with Crippen molar-refractivity contribution >= 4 is 11.7 Å². The molecule has 6 heteroatoms. The summed E-state index contributed by atoms with van der Waals surface area (Å²) in [6, 6.07) is 8.68. The molecule has 1 amide bonds. The summed E-state index contributed by atoms with van der Waals surface area (Å²) in [6.07, 6.45) is 1.83. The van der Waals surface area contributed by atoms with Crippen LogP contribution in [0.3, 0.4) is 0 Å². The van der Waals surface area contributed by atoms with Crippen molar-refractivity contribution in [2.45, 2.75) is 25.8 Å². The first kappa shape index (κ1) is 16.0. The number of nitrogens with one attached hydrogen (secondary N) is 2. The SMILES string of the molecule is COc1ccc(CNC(=O)c2cc3c([nH]c2=O)CCCC3=O)cc1. The average Bonchev–Trinajstić information content (AvgIpc) is 2.60. The Bertz CT molecular complexity index is 837. The second-order valence-corrected chi connectivity index (χ2v) is 5.71. The zero-order chi connectivity index (χ0) is 17.1. The number of Topliss-reactive ketones (excluding diaryl/α,β-unsaturated/α-hetero) is 1. The van der Waals surface area contributed by atoms with Crippen LogP contribution in [0.2, 0.25) is 0 Å². The number of benzene rings is 1. The Labute approximate surface area is 138 Å². The van der Waals surface area contributed by atoms with Gasteiger partial charge in [0.2, 0.25) is 0 Å². The third-order valence-corrected chi connectivity index (χ3v) is 4.11. The lowest BCUT2D eigenvalue weighted by atomic mass is 9.93. The molecule has 0 aliphatic heterocycles. The van der Waals surface area contributed by atoms with Gasteiger partial charge >= 0.3 is 0 Å². The molecule has 0 spiro atoms. The zero-order valence-electron chi connectivity index (χ0n) is 13.3. The van der Waals surface area contributed by atoms with Crippen LogP contribution in [0, 0.1) is 0 Å². The van der Waals surface area contributed by atoms with Gasteiger partial charge in [-0.2, -0.15) is 0 Å². The second kappa shape index (κ2) is 6.70. The van der Waals surface area contributed by atoms with Gasteiger partial charge in [0.15, 0.2) is 5.78 Å². The fraction of sp³-hybridized carbons (Fsp3) is 0.278. The molecule has 0 saturated carbocycles. The molecule has 0 unspecified atom stereocenters. The van der Waals surface area contributed by atoms with Crippen LogP contribution >= 0.6 is 0 Å². The molecule has 0 saturated heterocycles. The van der Waals surface area contributed by atoms with Gasteiger partial charge in [-0.05, 0) is 36.6 Å². The topological polar surface area (TPSA) is 88.3 Å². The summed E-state index contributed by atoms with van der Waals surface area (Å²) in [7, 11) is 1.58. The van der Waals surface area contributed by atoms with Gasteiger partial charge in [0.05, 0.1) is 7.11 Å². The Morgan fingerprint density at radius 3 is 2.67 bits per heavy atom. The quantitative estimate of drug-likeness (QED) is 0.897. The highest BCUT2D eigenvalue weighted by Crippen LogP contribution is 2.18. The van der Waals surface area contributed by atoms with Crippen LogP contribution in [0.15, 0.2) is 35.1 Å². The van der Waals surface area contributed by atoms with E-state index in [0.29, 0.717) is 24.1 Å². The molecule has 1 aromatic heterocycles. The Morgan fingerprint density at radius 2 is 1.96 bits per heavy atom. The van der Waals surface area contributed by atoms with Gasteiger partial charge in [-0.15, -0.1) is 0 Å². The molecular formula is C18H18N2O4. The number of methoxy groups -OCH3 is 1. The minimum absolute atomic E-state index is 0.0301. The number of ether oxygens (including phenoxy) is 1. The number of carbonyl (C=O) groups excluding carboxylic acids is 2. The lowest BCUT2D eigenvalue weighted by molar-refractivity contribution is 0.0949. The maximum Gasteiger partial charge on any atom is 0.261 e. The second-order valence-electron chi connectivity index (χ2n) is 5.71. The smallest absolute Gasteiger partial charge is 0.261 e. The number of rotatable bonds is 4. The molecule has 2 aromatic rings. The molecule has 2 N–H and O–H groups in total. The molecule has 0 fully saturated rings. The average molecular weight is 326 g/mol. The van der Waals surface area contributed by atoms with E-state index in [0.717, 1.165) is 17.7 Å². The standard InChI is InChI=1S/C18H18N2O4/c1-24-12-7-5-11(6-8-12)10-19-17(22)14-9-13-15(20-18(14)23)3-2-4-16(13)21/h5-9H,2-4,10H2,1H3,(H,19,22)(H,20,23). The van der Waals surface area contributed by atoms with E-state index in [4.69, 9.17) is 4.74 Å². The van der Waals surface area contributed by atoms with Crippen molar-refractivity contribution in [2.24, 2.45) is 0 Å². The Balaban J connectivity index is 1.76. The zero-order valence-corrected chi connectivity index (χ0v) is 13.3. The maximum atomic E-state index is 12.3. The number of ketones is 1. The summed E-state index contributed by atoms with van der Waals surface area (Å²) in [5.41, 5.74) is 1.47. The Kier molecular flexibility index (Phi) is 4.46. The third kappa shape index (κ3) is 3.22. The van der Waals surface area contributed by atoms with E-state index in [1.165, 1.54) is 6.07 Å². The number of aromatic nitrogens is 1. The number of aryl methyl sites for hydroxylation is 1. The molecule has 24 heavy (non-hydrogen) atoms. The number of pyridine rings is 1. The van der Waals surface area contributed by atoms with E-state index in [2.05, 4.69) is 10.3 Å². The minimum atomic E-state index is -0.492. The highest BCUT2D eigenvalue weighted by atomic mass is 16.5. The molecule has 1 aliphatic rings. The Hall–Kier alpha value is -2.89. The van der Waals surface area contributed by atoms with Crippen LogP contribution < -0.4 is 15.6 Å². The van der Waals surface area contributed by atoms with Crippen molar-refractivity contribution in [3.8, 4) is 5.75 Å². The molecule has 0 radical (unpaired) electrons. The molecule has 1 aliphatic carbocycles. The first-order valence-corrected chi connectivity index (χ1v) is 7.79. The number of amides is 1. The lowest BCUT2D eigenvalue weighted by Gasteiger charge is -2.15.